The van der Waals surface area contributed by atoms with Crippen LogP contribution in [0, 0.1) is 5.92 Å². The largest absolute Gasteiger partial charge is 0.352 e. The highest BCUT2D eigenvalue weighted by molar-refractivity contribution is 6.42. The zero-order valence-electron chi connectivity index (χ0n) is 16.6. The third-order valence-electron chi connectivity index (χ3n) is 5.73. The maximum Gasteiger partial charge on any atom is 0.225 e. The minimum atomic E-state index is -0.136. The molecule has 1 aliphatic rings. The van der Waals surface area contributed by atoms with Gasteiger partial charge in [-0.1, -0.05) is 89.9 Å². The smallest absolute Gasteiger partial charge is 0.225 e. The highest BCUT2D eigenvalue weighted by Crippen LogP contribution is 2.33. The molecule has 4 rings (SSSR count). The first-order valence-corrected chi connectivity index (χ1v) is 11.0. The SMILES string of the molecule is O=C(NCc1cccc(Cl)c1Cl)[C@H]1CNCC[C@@H]1c1cccc(-c2ccccc2)c1. The summed E-state index contributed by atoms with van der Waals surface area (Å²) < 4.78 is 0. The Kier molecular flexibility index (Phi) is 6.73. The van der Waals surface area contributed by atoms with Crippen molar-refractivity contribution >= 4 is 29.1 Å². The van der Waals surface area contributed by atoms with Crippen LogP contribution >= 0.6 is 23.2 Å². The minimum Gasteiger partial charge on any atom is -0.352 e. The fourth-order valence-electron chi connectivity index (χ4n) is 4.11. The molecular weight excluding hydrogens is 415 g/mol. The topological polar surface area (TPSA) is 41.1 Å². The van der Waals surface area contributed by atoms with Crippen LogP contribution in [-0.2, 0) is 11.3 Å². The average Bonchev–Trinajstić information content (AvgIpc) is 2.80. The van der Waals surface area contributed by atoms with Gasteiger partial charge < -0.3 is 10.6 Å². The van der Waals surface area contributed by atoms with E-state index in [0.717, 1.165) is 18.5 Å². The van der Waals surface area contributed by atoms with Crippen molar-refractivity contribution in [1.82, 2.24) is 10.6 Å². The maximum atomic E-state index is 13.1. The molecule has 0 aromatic heterocycles. The first kappa shape index (κ1) is 20.9. The monoisotopic (exact) mass is 438 g/mol. The second-order valence-corrected chi connectivity index (χ2v) is 8.41. The van der Waals surface area contributed by atoms with E-state index < -0.39 is 0 Å². The molecule has 0 saturated carbocycles. The lowest BCUT2D eigenvalue weighted by Crippen LogP contribution is -2.44. The zero-order chi connectivity index (χ0) is 20.9. The Bertz CT molecular complexity index is 1020. The van der Waals surface area contributed by atoms with E-state index in [4.69, 9.17) is 23.2 Å². The Labute approximate surface area is 187 Å². The summed E-state index contributed by atoms with van der Waals surface area (Å²) in [7, 11) is 0. The summed E-state index contributed by atoms with van der Waals surface area (Å²) in [6, 6.07) is 24.4. The summed E-state index contributed by atoms with van der Waals surface area (Å²) in [6.07, 6.45) is 0.925. The quantitative estimate of drug-likeness (QED) is 0.538. The number of hydrogen-bond acceptors (Lipinski definition) is 2. The Morgan fingerprint density at radius 2 is 1.73 bits per heavy atom. The lowest BCUT2D eigenvalue weighted by atomic mass is 9.80. The van der Waals surface area contributed by atoms with E-state index in [9.17, 15) is 4.79 Å². The summed E-state index contributed by atoms with van der Waals surface area (Å²) >= 11 is 12.4. The van der Waals surface area contributed by atoms with Crippen molar-refractivity contribution in [3.05, 3.63) is 94.0 Å². The fourth-order valence-corrected chi connectivity index (χ4v) is 4.50. The summed E-state index contributed by atoms with van der Waals surface area (Å²) in [5.74, 6) is 0.0702. The molecule has 0 bridgehead atoms. The molecule has 3 nitrogen and oxygen atoms in total. The molecule has 154 valence electrons. The predicted molar refractivity (Wildman–Crippen MR) is 124 cm³/mol. The molecule has 5 heteroatoms. The normalized spacial score (nSPS) is 18.7. The van der Waals surface area contributed by atoms with E-state index in [1.54, 1.807) is 6.07 Å². The van der Waals surface area contributed by atoms with Crippen LogP contribution in [0.25, 0.3) is 11.1 Å². The second-order valence-electron chi connectivity index (χ2n) is 7.63. The number of benzene rings is 3. The Morgan fingerprint density at radius 1 is 0.967 bits per heavy atom. The summed E-state index contributed by atoms with van der Waals surface area (Å²) in [6.45, 7) is 1.94. The molecule has 1 heterocycles. The van der Waals surface area contributed by atoms with Gasteiger partial charge in [0, 0.05) is 13.1 Å². The first-order chi connectivity index (χ1) is 14.6. The van der Waals surface area contributed by atoms with Crippen molar-refractivity contribution in [2.45, 2.75) is 18.9 Å². The van der Waals surface area contributed by atoms with Gasteiger partial charge in [-0.2, -0.15) is 0 Å². The van der Waals surface area contributed by atoms with Crippen LogP contribution in [-0.4, -0.2) is 19.0 Å². The van der Waals surface area contributed by atoms with Gasteiger partial charge >= 0.3 is 0 Å². The predicted octanol–water partition coefficient (Wildman–Crippen LogP) is 5.67. The molecule has 3 aromatic carbocycles. The van der Waals surface area contributed by atoms with Crippen LogP contribution in [0.4, 0.5) is 0 Å². The van der Waals surface area contributed by atoms with Crippen molar-refractivity contribution in [3.8, 4) is 11.1 Å². The summed E-state index contributed by atoms with van der Waals surface area (Å²) in [5, 5.41) is 7.43. The molecular formula is C25H24Cl2N2O. The Balaban J connectivity index is 1.52. The number of carbonyl (C=O) groups excluding carboxylic acids is 1. The number of piperidine rings is 1. The van der Waals surface area contributed by atoms with Gasteiger partial charge in [-0.05, 0) is 47.2 Å². The molecule has 0 aliphatic carbocycles. The van der Waals surface area contributed by atoms with Crippen LogP contribution in [0.2, 0.25) is 10.0 Å². The van der Waals surface area contributed by atoms with Gasteiger partial charge in [-0.15, -0.1) is 0 Å². The molecule has 3 aromatic rings. The highest BCUT2D eigenvalue weighted by Gasteiger charge is 2.32. The molecule has 1 amide bonds. The molecule has 2 N–H and O–H groups in total. The molecule has 0 spiro atoms. The lowest BCUT2D eigenvalue weighted by Gasteiger charge is -2.32. The molecule has 0 radical (unpaired) electrons. The number of rotatable bonds is 5. The van der Waals surface area contributed by atoms with E-state index in [-0.39, 0.29) is 17.7 Å². The van der Waals surface area contributed by atoms with E-state index in [0.29, 0.717) is 23.1 Å². The molecule has 1 saturated heterocycles. The standard InChI is InChI=1S/C25H24Cl2N2O/c26-23-11-5-10-20(24(23)27)15-29-25(30)22-16-28-13-12-21(22)19-9-4-8-18(14-19)17-6-2-1-3-7-17/h1-11,14,21-22,28H,12-13,15-16H2,(H,29,30)/t21-,22+/m1/s1. The maximum absolute atomic E-state index is 13.1. The van der Waals surface area contributed by atoms with Gasteiger partial charge in [-0.25, -0.2) is 0 Å². The molecule has 2 atom stereocenters. The first-order valence-electron chi connectivity index (χ1n) is 10.2. The molecule has 1 fully saturated rings. The van der Waals surface area contributed by atoms with E-state index >= 15 is 0 Å². The summed E-state index contributed by atoms with van der Waals surface area (Å²) in [5.41, 5.74) is 4.39. The van der Waals surface area contributed by atoms with E-state index in [1.165, 1.54) is 16.7 Å². The van der Waals surface area contributed by atoms with Crippen molar-refractivity contribution in [3.63, 3.8) is 0 Å². The van der Waals surface area contributed by atoms with Gasteiger partial charge in [0.15, 0.2) is 0 Å². The average molecular weight is 439 g/mol. The van der Waals surface area contributed by atoms with Crippen molar-refractivity contribution in [2.24, 2.45) is 5.92 Å². The van der Waals surface area contributed by atoms with Gasteiger partial charge in [-0.3, -0.25) is 4.79 Å². The molecule has 1 aliphatic heterocycles. The minimum absolute atomic E-state index is 0.0355. The number of halogens is 2. The highest BCUT2D eigenvalue weighted by atomic mass is 35.5. The fraction of sp³-hybridized carbons (Fsp3) is 0.240. The van der Waals surface area contributed by atoms with Crippen LogP contribution in [0.3, 0.4) is 0 Å². The number of carbonyl (C=O) groups is 1. The lowest BCUT2D eigenvalue weighted by molar-refractivity contribution is -0.126. The van der Waals surface area contributed by atoms with Crippen molar-refractivity contribution < 1.29 is 4.79 Å². The summed E-state index contributed by atoms with van der Waals surface area (Å²) in [4.78, 5) is 13.1. The zero-order valence-corrected chi connectivity index (χ0v) is 18.1. The van der Waals surface area contributed by atoms with Gasteiger partial charge in [0.25, 0.3) is 0 Å². The van der Waals surface area contributed by atoms with Crippen LogP contribution in [0.15, 0.2) is 72.8 Å². The second kappa shape index (κ2) is 9.65. The van der Waals surface area contributed by atoms with Gasteiger partial charge in [0.1, 0.15) is 0 Å². The van der Waals surface area contributed by atoms with E-state index in [2.05, 4.69) is 47.0 Å². The third-order valence-corrected chi connectivity index (χ3v) is 6.58. The number of amides is 1. The van der Waals surface area contributed by atoms with Crippen LogP contribution in [0.1, 0.15) is 23.5 Å². The Hall–Kier alpha value is -2.33. The van der Waals surface area contributed by atoms with Crippen molar-refractivity contribution in [2.75, 3.05) is 13.1 Å². The van der Waals surface area contributed by atoms with Crippen LogP contribution < -0.4 is 10.6 Å². The molecule has 30 heavy (non-hydrogen) atoms. The number of hydrogen-bond donors (Lipinski definition) is 2. The van der Waals surface area contributed by atoms with Crippen molar-refractivity contribution in [1.29, 1.82) is 0 Å². The Morgan fingerprint density at radius 3 is 2.57 bits per heavy atom. The van der Waals surface area contributed by atoms with Gasteiger partial charge in [0.05, 0.1) is 16.0 Å². The number of nitrogens with one attached hydrogen (secondary N) is 2. The van der Waals surface area contributed by atoms with Gasteiger partial charge in [0.2, 0.25) is 5.91 Å². The third kappa shape index (κ3) is 4.70. The van der Waals surface area contributed by atoms with Crippen LogP contribution in [0.5, 0.6) is 0 Å². The molecule has 0 unspecified atom stereocenters. The van der Waals surface area contributed by atoms with E-state index in [1.807, 2.05) is 30.3 Å².